The summed E-state index contributed by atoms with van der Waals surface area (Å²) >= 11 is 0. The molecule has 10 nitrogen and oxygen atoms in total. The van der Waals surface area contributed by atoms with Gasteiger partial charge in [0.25, 0.3) is 0 Å². The molecule has 0 aromatic carbocycles. The minimum Gasteiger partial charge on any atom is -0.443 e. The van der Waals surface area contributed by atoms with Crippen LogP contribution < -0.4 is 5.73 Å². The molecular formula is C21H25N9O. The molecular weight excluding hydrogens is 394 g/mol. The average molecular weight is 419 g/mol. The summed E-state index contributed by atoms with van der Waals surface area (Å²) in [5.74, 6) is 1.47. The smallest absolute Gasteiger partial charge is 0.245 e. The molecule has 1 saturated carbocycles. The first-order chi connectivity index (χ1) is 15.2. The molecule has 4 aromatic heterocycles. The maximum absolute atomic E-state index is 6.14. The normalized spacial score (nSPS) is 17.2. The molecule has 0 atom stereocenters. The highest BCUT2D eigenvalue weighted by molar-refractivity contribution is 5.65. The van der Waals surface area contributed by atoms with Crippen LogP contribution in [0.25, 0.3) is 17.2 Å². The van der Waals surface area contributed by atoms with E-state index in [1.165, 1.54) is 36.8 Å². The predicted molar refractivity (Wildman–Crippen MR) is 113 cm³/mol. The van der Waals surface area contributed by atoms with Gasteiger partial charge in [-0.2, -0.15) is 9.61 Å². The van der Waals surface area contributed by atoms with Gasteiger partial charge in [0.2, 0.25) is 11.8 Å². The van der Waals surface area contributed by atoms with Crippen molar-refractivity contribution in [3.8, 4) is 11.6 Å². The summed E-state index contributed by atoms with van der Waals surface area (Å²) in [7, 11) is 0. The molecule has 160 valence electrons. The number of hydrogen-bond acceptors (Lipinski definition) is 8. The number of aromatic nitrogens is 7. The van der Waals surface area contributed by atoms with Crippen molar-refractivity contribution < 1.29 is 4.42 Å². The summed E-state index contributed by atoms with van der Waals surface area (Å²) in [6.45, 7) is 4.78. The summed E-state index contributed by atoms with van der Waals surface area (Å²) in [4.78, 5) is 15.8. The highest BCUT2D eigenvalue weighted by Gasteiger charge is 2.25. The third-order valence-electron chi connectivity index (χ3n) is 6.47. The fourth-order valence-corrected chi connectivity index (χ4v) is 4.44. The van der Waals surface area contributed by atoms with Crippen molar-refractivity contribution in [2.75, 3.05) is 18.8 Å². The summed E-state index contributed by atoms with van der Waals surface area (Å²) in [5.41, 5.74) is 10.9. The van der Waals surface area contributed by atoms with E-state index in [9.17, 15) is 0 Å². The Bertz CT molecular complexity index is 1240. The number of hydrogen-bond donors (Lipinski definition) is 1. The van der Waals surface area contributed by atoms with Gasteiger partial charge in [0.15, 0.2) is 11.5 Å². The van der Waals surface area contributed by atoms with E-state index in [0.29, 0.717) is 23.3 Å². The largest absolute Gasteiger partial charge is 0.443 e. The maximum Gasteiger partial charge on any atom is 0.245 e. The van der Waals surface area contributed by atoms with E-state index in [0.717, 1.165) is 43.9 Å². The molecule has 0 radical (unpaired) electrons. The first-order valence-corrected chi connectivity index (χ1v) is 10.9. The lowest BCUT2D eigenvalue weighted by molar-refractivity contribution is 0.255. The van der Waals surface area contributed by atoms with Crippen molar-refractivity contribution in [2.24, 2.45) is 0 Å². The molecule has 4 aromatic rings. The highest BCUT2D eigenvalue weighted by atomic mass is 16.3. The van der Waals surface area contributed by atoms with E-state index < -0.39 is 0 Å². The van der Waals surface area contributed by atoms with Crippen molar-refractivity contribution in [1.82, 2.24) is 39.2 Å². The van der Waals surface area contributed by atoms with Crippen molar-refractivity contribution in [3.05, 3.63) is 41.3 Å². The van der Waals surface area contributed by atoms with E-state index in [2.05, 4.69) is 30.8 Å². The molecule has 0 amide bonds. The fourth-order valence-electron chi connectivity index (χ4n) is 4.44. The van der Waals surface area contributed by atoms with Crippen LogP contribution in [0.15, 0.2) is 23.1 Å². The molecule has 5 heterocycles. The van der Waals surface area contributed by atoms with Gasteiger partial charge in [-0.25, -0.2) is 15.0 Å². The second kappa shape index (κ2) is 7.16. The van der Waals surface area contributed by atoms with Crippen LogP contribution in [0.4, 0.5) is 5.95 Å². The van der Waals surface area contributed by atoms with E-state index in [1.54, 1.807) is 10.7 Å². The van der Waals surface area contributed by atoms with E-state index >= 15 is 0 Å². The quantitative estimate of drug-likeness (QED) is 0.523. The third kappa shape index (κ3) is 3.18. The zero-order valence-corrected chi connectivity index (χ0v) is 17.5. The van der Waals surface area contributed by atoms with Gasteiger partial charge >= 0.3 is 0 Å². The number of oxazole rings is 1. The topological polar surface area (TPSA) is 116 Å². The lowest BCUT2D eigenvalue weighted by atomic mass is 9.93. The van der Waals surface area contributed by atoms with Gasteiger partial charge in [0, 0.05) is 49.8 Å². The van der Waals surface area contributed by atoms with Crippen molar-refractivity contribution in [2.45, 2.75) is 51.6 Å². The van der Waals surface area contributed by atoms with E-state index in [4.69, 9.17) is 20.2 Å². The lowest BCUT2D eigenvalue weighted by Gasteiger charge is -2.25. The van der Waals surface area contributed by atoms with Crippen LogP contribution in [-0.2, 0) is 19.4 Å². The Morgan fingerprint density at radius 3 is 2.90 bits per heavy atom. The zero-order valence-electron chi connectivity index (χ0n) is 17.5. The lowest BCUT2D eigenvalue weighted by Crippen LogP contribution is -2.32. The molecule has 1 fully saturated rings. The first kappa shape index (κ1) is 18.5. The molecule has 0 unspecified atom stereocenters. The molecule has 10 heteroatoms. The van der Waals surface area contributed by atoms with Crippen LogP contribution in [0.5, 0.6) is 0 Å². The first-order valence-electron chi connectivity index (χ1n) is 10.9. The number of rotatable bonds is 5. The third-order valence-corrected chi connectivity index (χ3v) is 6.47. The van der Waals surface area contributed by atoms with E-state index in [-0.39, 0.29) is 5.95 Å². The number of aryl methyl sites for hydroxylation is 1. The average Bonchev–Trinajstić information content (AvgIpc) is 3.46. The second-order valence-electron chi connectivity index (χ2n) is 8.49. The van der Waals surface area contributed by atoms with Crippen LogP contribution in [0.3, 0.4) is 0 Å². The molecule has 0 spiro atoms. The minimum absolute atomic E-state index is 0.276. The molecule has 31 heavy (non-hydrogen) atoms. The number of nitrogens with zero attached hydrogens (tertiary/aromatic N) is 8. The highest BCUT2D eigenvalue weighted by Crippen LogP contribution is 2.32. The van der Waals surface area contributed by atoms with E-state index in [1.807, 2.05) is 6.92 Å². The van der Waals surface area contributed by atoms with Gasteiger partial charge in [0.1, 0.15) is 12.0 Å². The summed E-state index contributed by atoms with van der Waals surface area (Å²) in [5, 5.41) is 9.43. The number of nitrogens with two attached hydrogens (primary N) is 1. The Hall–Kier alpha value is -3.27. The van der Waals surface area contributed by atoms with Gasteiger partial charge in [-0.05, 0) is 26.2 Å². The van der Waals surface area contributed by atoms with Crippen molar-refractivity contribution >= 4 is 11.6 Å². The fraction of sp³-hybridized carbons (Fsp3) is 0.476. The summed E-state index contributed by atoms with van der Waals surface area (Å²) in [6, 6.07) is 0.616. The minimum atomic E-state index is 0.276. The zero-order chi connectivity index (χ0) is 20.9. The van der Waals surface area contributed by atoms with Gasteiger partial charge < -0.3 is 10.2 Å². The number of anilines is 1. The van der Waals surface area contributed by atoms with Gasteiger partial charge in [-0.15, -0.1) is 5.10 Å². The van der Waals surface area contributed by atoms with Crippen LogP contribution in [0.1, 0.15) is 47.9 Å². The van der Waals surface area contributed by atoms with Gasteiger partial charge in [-0.1, -0.05) is 0 Å². The maximum atomic E-state index is 6.14. The molecule has 0 bridgehead atoms. The number of nitrogen functional groups attached to an aromatic ring is 1. The summed E-state index contributed by atoms with van der Waals surface area (Å²) in [6.07, 6.45) is 11.0. The molecule has 1 aliphatic heterocycles. The Balaban J connectivity index is 1.18. The van der Waals surface area contributed by atoms with Crippen molar-refractivity contribution in [1.29, 1.82) is 0 Å². The summed E-state index contributed by atoms with van der Waals surface area (Å²) < 4.78 is 9.20. The molecule has 0 saturated heterocycles. The van der Waals surface area contributed by atoms with Crippen LogP contribution in [0.2, 0.25) is 0 Å². The Morgan fingerprint density at radius 1 is 1.23 bits per heavy atom. The predicted octanol–water partition coefficient (Wildman–Crippen LogP) is 2.19. The molecule has 6 rings (SSSR count). The van der Waals surface area contributed by atoms with Crippen LogP contribution >= 0.6 is 0 Å². The molecule has 2 aliphatic rings. The van der Waals surface area contributed by atoms with Crippen LogP contribution in [0, 0.1) is 6.92 Å². The molecule has 2 N–H and O–H groups in total. The monoisotopic (exact) mass is 419 g/mol. The van der Waals surface area contributed by atoms with Crippen molar-refractivity contribution in [3.63, 3.8) is 0 Å². The Morgan fingerprint density at radius 2 is 2.13 bits per heavy atom. The van der Waals surface area contributed by atoms with Gasteiger partial charge in [-0.3, -0.25) is 9.58 Å². The number of fused-ring (bicyclic) bond motifs is 2. The van der Waals surface area contributed by atoms with Crippen LogP contribution in [-0.4, -0.2) is 52.3 Å². The van der Waals surface area contributed by atoms with Gasteiger partial charge in [0.05, 0.1) is 17.9 Å². The SMILES string of the molecule is Cc1c(-c2ncco2)nc(N)n2nc(CCN3CCc4nn(C5CCC5)cc4C3)nc12. The second-order valence-corrected chi connectivity index (χ2v) is 8.49. The Labute approximate surface area is 179 Å². The standard InChI is InChI=1S/C21H25N9O/c1-13-18(20-23-7-10-31-20)25-21(22)30-19(13)24-17(27-30)6-9-28-8-5-16-14(11-28)12-29(26-16)15-3-2-4-15/h7,10,12,15H,2-6,8-9,11H2,1H3,(H2,22,25). The molecule has 1 aliphatic carbocycles. The Kier molecular flexibility index (Phi) is 4.27.